The number of primary amides is 1. The van der Waals surface area contributed by atoms with Crippen molar-refractivity contribution in [2.75, 3.05) is 5.73 Å². The number of nitrogen functional groups attached to an aromatic ring is 1. The van der Waals surface area contributed by atoms with Gasteiger partial charge in [-0.1, -0.05) is 0 Å². The van der Waals surface area contributed by atoms with Crippen molar-refractivity contribution in [2.24, 2.45) is 5.73 Å². The average molecular weight is 280 g/mol. The molecule has 1 aliphatic heterocycles. The van der Waals surface area contributed by atoms with Gasteiger partial charge in [0.05, 0.1) is 6.33 Å². The number of anilines is 1. The van der Waals surface area contributed by atoms with Gasteiger partial charge in [0.2, 0.25) is 5.91 Å². The fourth-order valence-corrected chi connectivity index (χ4v) is 2.18. The molecule has 0 unspecified atom stereocenters. The van der Waals surface area contributed by atoms with E-state index >= 15 is 0 Å². The maximum atomic E-state index is 11.1. The standard InChI is InChI=1S/C10H12N6O4/c11-7-3-9(14-1-13-7)16(2-15-3)10-5(18)4(17)6(20-10)8(12)19/h1-2,4-6,10,17-18H,(H2,12,19)(H2,11,13,14)/t4-,5+,6+,10+/m0/s1. The van der Waals surface area contributed by atoms with Gasteiger partial charge < -0.3 is 26.4 Å². The first-order valence-corrected chi connectivity index (χ1v) is 5.74. The second-order valence-electron chi connectivity index (χ2n) is 4.41. The van der Waals surface area contributed by atoms with E-state index in [4.69, 9.17) is 16.2 Å². The van der Waals surface area contributed by atoms with Crippen molar-refractivity contribution in [1.29, 1.82) is 0 Å². The van der Waals surface area contributed by atoms with E-state index in [-0.39, 0.29) is 5.82 Å². The lowest BCUT2D eigenvalue weighted by atomic mass is 10.1. The number of nitrogens with two attached hydrogens (primary N) is 2. The van der Waals surface area contributed by atoms with Crippen LogP contribution in [0.1, 0.15) is 6.23 Å². The zero-order valence-electron chi connectivity index (χ0n) is 10.1. The summed E-state index contributed by atoms with van der Waals surface area (Å²) in [6, 6.07) is 0. The predicted octanol–water partition coefficient (Wildman–Crippen LogP) is -2.49. The second kappa shape index (κ2) is 4.37. The van der Waals surface area contributed by atoms with Gasteiger partial charge in [0.1, 0.15) is 24.1 Å². The highest BCUT2D eigenvalue weighted by atomic mass is 16.6. The van der Waals surface area contributed by atoms with Crippen molar-refractivity contribution in [3.05, 3.63) is 12.7 Å². The number of imidazole rings is 1. The fourth-order valence-electron chi connectivity index (χ4n) is 2.18. The monoisotopic (exact) mass is 280 g/mol. The summed E-state index contributed by atoms with van der Waals surface area (Å²) in [7, 11) is 0. The molecule has 1 amide bonds. The molecule has 4 atom stereocenters. The maximum absolute atomic E-state index is 11.1. The summed E-state index contributed by atoms with van der Waals surface area (Å²) in [5.74, 6) is -0.689. The minimum Gasteiger partial charge on any atom is -0.387 e. The van der Waals surface area contributed by atoms with Gasteiger partial charge in [-0.25, -0.2) is 15.0 Å². The third-order valence-electron chi connectivity index (χ3n) is 3.18. The number of aromatic nitrogens is 4. The number of nitrogens with zero attached hydrogens (tertiary/aromatic N) is 4. The Morgan fingerprint density at radius 3 is 2.70 bits per heavy atom. The molecular weight excluding hydrogens is 268 g/mol. The fraction of sp³-hybridized carbons (Fsp3) is 0.400. The van der Waals surface area contributed by atoms with Gasteiger partial charge in [-0.2, -0.15) is 0 Å². The van der Waals surface area contributed by atoms with Crippen LogP contribution in [0.5, 0.6) is 0 Å². The number of rotatable bonds is 2. The molecule has 2 aromatic heterocycles. The van der Waals surface area contributed by atoms with Crippen molar-refractivity contribution in [3.63, 3.8) is 0 Å². The van der Waals surface area contributed by atoms with Crippen molar-refractivity contribution in [3.8, 4) is 0 Å². The lowest BCUT2D eigenvalue weighted by Crippen LogP contribution is -2.39. The molecule has 0 aromatic carbocycles. The van der Waals surface area contributed by atoms with Crippen LogP contribution >= 0.6 is 0 Å². The second-order valence-corrected chi connectivity index (χ2v) is 4.41. The number of ether oxygens (including phenoxy) is 1. The molecule has 2 aromatic rings. The lowest BCUT2D eigenvalue weighted by molar-refractivity contribution is -0.134. The molecule has 3 heterocycles. The molecule has 3 rings (SSSR count). The highest BCUT2D eigenvalue weighted by Crippen LogP contribution is 2.31. The van der Waals surface area contributed by atoms with Crippen LogP contribution in [0.4, 0.5) is 5.82 Å². The summed E-state index contributed by atoms with van der Waals surface area (Å²) in [4.78, 5) is 22.9. The summed E-state index contributed by atoms with van der Waals surface area (Å²) in [5, 5.41) is 19.7. The molecule has 0 spiro atoms. The van der Waals surface area contributed by atoms with Crippen molar-refractivity contribution in [1.82, 2.24) is 19.5 Å². The predicted molar refractivity (Wildman–Crippen MR) is 64.9 cm³/mol. The Bertz CT molecular complexity index is 673. The van der Waals surface area contributed by atoms with Gasteiger partial charge in [0.25, 0.3) is 0 Å². The Balaban J connectivity index is 2.04. The van der Waals surface area contributed by atoms with E-state index in [0.717, 1.165) is 0 Å². The molecule has 1 fully saturated rings. The first-order valence-electron chi connectivity index (χ1n) is 5.74. The van der Waals surface area contributed by atoms with Gasteiger partial charge in [-0.15, -0.1) is 0 Å². The smallest absolute Gasteiger partial charge is 0.249 e. The molecule has 20 heavy (non-hydrogen) atoms. The van der Waals surface area contributed by atoms with Crippen LogP contribution < -0.4 is 11.5 Å². The van der Waals surface area contributed by atoms with Crippen molar-refractivity contribution >= 4 is 22.9 Å². The van der Waals surface area contributed by atoms with E-state index in [1.54, 1.807) is 0 Å². The maximum Gasteiger partial charge on any atom is 0.249 e. The van der Waals surface area contributed by atoms with E-state index in [0.29, 0.717) is 11.2 Å². The lowest BCUT2D eigenvalue weighted by Gasteiger charge is -2.16. The van der Waals surface area contributed by atoms with Crippen LogP contribution in [0.2, 0.25) is 0 Å². The molecule has 6 N–H and O–H groups in total. The first-order chi connectivity index (χ1) is 9.50. The molecule has 10 nitrogen and oxygen atoms in total. The quantitative estimate of drug-likeness (QED) is 0.469. The number of aliphatic hydroxyl groups excluding tert-OH is 2. The molecule has 0 aliphatic carbocycles. The number of fused-ring (bicyclic) bond motifs is 1. The Kier molecular flexibility index (Phi) is 2.78. The topological polar surface area (TPSA) is 162 Å². The summed E-state index contributed by atoms with van der Waals surface area (Å²) in [5.41, 5.74) is 11.4. The zero-order valence-corrected chi connectivity index (χ0v) is 10.1. The summed E-state index contributed by atoms with van der Waals surface area (Å²) in [6.07, 6.45) is -2.54. The molecule has 1 aliphatic rings. The summed E-state index contributed by atoms with van der Waals surface area (Å²) >= 11 is 0. The summed E-state index contributed by atoms with van der Waals surface area (Å²) in [6.45, 7) is 0. The number of amides is 1. The van der Waals surface area contributed by atoms with Gasteiger partial charge in [0, 0.05) is 0 Å². The Morgan fingerprint density at radius 2 is 2.05 bits per heavy atom. The van der Waals surface area contributed by atoms with Crippen LogP contribution in [0.3, 0.4) is 0 Å². The Labute approximate surface area is 112 Å². The summed E-state index contributed by atoms with van der Waals surface area (Å²) < 4.78 is 6.65. The van der Waals surface area contributed by atoms with E-state index in [1.165, 1.54) is 17.2 Å². The van der Waals surface area contributed by atoms with Crippen LogP contribution in [0.15, 0.2) is 12.7 Å². The van der Waals surface area contributed by atoms with E-state index in [1.807, 2.05) is 0 Å². The Hall–Kier alpha value is -2.30. The minimum atomic E-state index is -1.42. The number of hydrogen-bond acceptors (Lipinski definition) is 8. The molecule has 0 saturated carbocycles. The molecule has 106 valence electrons. The molecule has 1 saturated heterocycles. The SMILES string of the molecule is NC(=O)[C@@H]1O[C@@H](n2cnc3c(N)ncnc32)[C@H](O)[C@@H]1O. The normalized spacial score (nSPS) is 29.9. The first kappa shape index (κ1) is 12.7. The number of hydrogen-bond donors (Lipinski definition) is 4. The number of carbonyl (C=O) groups is 1. The molecular formula is C10H12N6O4. The average Bonchev–Trinajstić information content (AvgIpc) is 2.94. The van der Waals surface area contributed by atoms with Crippen molar-refractivity contribution in [2.45, 2.75) is 24.5 Å². The molecule has 10 heteroatoms. The van der Waals surface area contributed by atoms with Gasteiger partial charge >= 0.3 is 0 Å². The van der Waals surface area contributed by atoms with Crippen LogP contribution in [-0.4, -0.2) is 54.0 Å². The van der Waals surface area contributed by atoms with Crippen LogP contribution in [0.25, 0.3) is 11.2 Å². The van der Waals surface area contributed by atoms with E-state index in [2.05, 4.69) is 15.0 Å². The Morgan fingerprint density at radius 1 is 1.30 bits per heavy atom. The molecule has 0 radical (unpaired) electrons. The highest BCUT2D eigenvalue weighted by molar-refractivity contribution is 5.81. The van der Waals surface area contributed by atoms with Gasteiger partial charge in [0.15, 0.2) is 23.8 Å². The molecule has 0 bridgehead atoms. The van der Waals surface area contributed by atoms with E-state index in [9.17, 15) is 15.0 Å². The third kappa shape index (κ3) is 1.70. The third-order valence-corrected chi connectivity index (χ3v) is 3.18. The minimum absolute atomic E-state index is 0.174. The van der Waals surface area contributed by atoms with Crippen LogP contribution in [-0.2, 0) is 9.53 Å². The number of carbonyl (C=O) groups excluding carboxylic acids is 1. The number of aliphatic hydroxyl groups is 2. The van der Waals surface area contributed by atoms with Crippen molar-refractivity contribution < 1.29 is 19.7 Å². The van der Waals surface area contributed by atoms with Crippen LogP contribution in [0, 0.1) is 0 Å². The van der Waals surface area contributed by atoms with Gasteiger partial charge in [-0.3, -0.25) is 9.36 Å². The highest BCUT2D eigenvalue weighted by Gasteiger charge is 2.47. The van der Waals surface area contributed by atoms with Gasteiger partial charge in [-0.05, 0) is 0 Å². The largest absolute Gasteiger partial charge is 0.387 e. The zero-order chi connectivity index (χ0) is 14.4. The van der Waals surface area contributed by atoms with E-state index < -0.39 is 30.4 Å².